The molecule has 0 saturated carbocycles. The van der Waals surface area contributed by atoms with E-state index < -0.39 is 193 Å². The molecule has 1 saturated heterocycles. The van der Waals surface area contributed by atoms with Gasteiger partial charge in [0.05, 0.1) is 38.1 Å². The number of aliphatic hydroxyl groups is 3. The molecule has 7 rings (SSSR count). The van der Waals surface area contributed by atoms with Crippen LogP contribution >= 0.6 is 0 Å². The van der Waals surface area contributed by atoms with E-state index in [0.717, 1.165) is 49.1 Å². The highest BCUT2D eigenvalue weighted by Gasteiger charge is 2.49. The van der Waals surface area contributed by atoms with E-state index in [-0.39, 0.29) is 43.5 Å². The Kier molecular flexibility index (Phi) is 31.2. The number of phenolic OH excluding ortho intramolecular Hbond substituents is 1. The molecule has 1 fully saturated rings. The molecule has 3 heterocycles. The first-order valence-electron chi connectivity index (χ1n) is 36.0. The molecule has 34 nitrogen and oxygen atoms in total. The van der Waals surface area contributed by atoms with Crippen LogP contribution in [0.5, 0.6) is 5.75 Å². The largest absolute Gasteiger partial charge is 0.508 e. The van der Waals surface area contributed by atoms with Crippen LogP contribution in [0.1, 0.15) is 100 Å². The highest BCUT2D eigenvalue weighted by molar-refractivity contribution is 6.01. The van der Waals surface area contributed by atoms with Crippen LogP contribution in [0.4, 0.5) is 4.39 Å². The minimum Gasteiger partial charge on any atom is -0.508 e. The molecular formula is C77H95FN14O20. The molecule has 35 heteroatoms. The summed E-state index contributed by atoms with van der Waals surface area (Å²) >= 11 is 0. The number of pyridine rings is 1. The number of aliphatic carboxylic acids is 2. The number of carboxylic acid groups (broad SMARTS) is 2. The van der Waals surface area contributed by atoms with E-state index in [2.05, 4.69) is 62.8 Å². The fourth-order valence-electron chi connectivity index (χ4n) is 12.9. The maximum Gasteiger partial charge on any atom is 0.305 e. The SMILES string of the molecule is CCc1cc(O)ccc1-c1ccc(C[C@H](NC(=O)[C@H](CC(=O)O)NC(=O)[C@H](CO)NC(=O)[C@@H](NC(=O)[C@@](C)(Cc2ccccc2F)NC(=O)[C@@H](NC(=O)CNC(=O)[C@H](CCC(=O)O)NC(=O)[C@]2(C)CCCN2C(=O)[C@@H](Cc2cnc[nH]2)OC)[C@@H](C)O)[C@@H](C)O)C(=O)N[C@@H](Cc2cnccc2-c2ccccc2C)C(N)=O)cc1. The summed E-state index contributed by atoms with van der Waals surface area (Å²) < 4.78 is 21.0. The van der Waals surface area contributed by atoms with Crippen molar-refractivity contribution in [3.05, 3.63) is 161 Å². The number of methoxy groups -OCH3 is 1. The van der Waals surface area contributed by atoms with Gasteiger partial charge in [0.2, 0.25) is 59.1 Å². The van der Waals surface area contributed by atoms with Crippen LogP contribution in [0.3, 0.4) is 0 Å². The zero-order valence-electron chi connectivity index (χ0n) is 62.7. The molecule has 12 atom stereocenters. The number of primary amides is 1. The standard InChI is InChI=1S/C77H95FN14O20/c1-8-45-31-50(96)22-23-52(45)46-20-18-44(19-21-46)30-57(68(104)84-56(66(79)102)32-48-36-80-28-26-53(48)51-16-11-9-14-41(51)2)85-69(105)58(34-63(100)101)86-70(106)59(39-93)87-71(107)64(42(3)94)90-74(110)76(5,35-47-15-10-12-17-54(47)78)91-72(108)65(43(4)95)89-61(97)38-82-67(103)55(24-25-62(98)99)88-75(111)77(6)27-13-29-92(77)73(109)60(112-7)33-49-37-81-40-83-49/h9-12,14-23,26,28,31,36-37,40,42-43,55-60,64-65,93-96H,8,13,24-25,27,29-30,32-35,38-39H2,1-7H3,(H2,79,102)(H,81,83)(H,82,103)(H,84,104)(H,85,105)(H,86,106)(H,87,107)(H,88,111)(H,89,97)(H,90,110)(H,91,108)(H,98,99)(H,100,101)/t42-,43-,55+,56+,57+,58+,59+,60-,64+,65+,76-,77+/m1/s1. The van der Waals surface area contributed by atoms with Gasteiger partial charge in [-0.1, -0.05) is 79.7 Å². The van der Waals surface area contributed by atoms with Gasteiger partial charge in [0, 0.05) is 70.0 Å². The van der Waals surface area contributed by atoms with Gasteiger partial charge >= 0.3 is 11.9 Å². The second kappa shape index (κ2) is 40.0. The molecule has 0 radical (unpaired) electrons. The van der Waals surface area contributed by atoms with E-state index in [4.69, 9.17) is 10.5 Å². The molecule has 1 aliphatic rings. The number of amides is 11. The number of nitrogens with zero attached hydrogens (tertiary/aromatic N) is 3. The predicted octanol–water partition coefficient (Wildman–Crippen LogP) is -0.516. The minimum atomic E-state index is -2.43. The van der Waals surface area contributed by atoms with Crippen LogP contribution in [-0.4, -0.2) is 226 Å². The summed E-state index contributed by atoms with van der Waals surface area (Å²) in [6.07, 6.45) is -1.34. The summed E-state index contributed by atoms with van der Waals surface area (Å²) in [5.74, 6) is -16.4. The Morgan fingerprint density at radius 1 is 0.679 bits per heavy atom. The number of aryl methyl sites for hydroxylation is 2. The summed E-state index contributed by atoms with van der Waals surface area (Å²) in [5.41, 5.74) is 7.84. The molecule has 6 aromatic rings. The number of hydrogen-bond donors (Lipinski definition) is 17. The molecule has 600 valence electrons. The number of nitrogens with one attached hydrogen (secondary N) is 10. The maximum absolute atomic E-state index is 15.5. The number of benzene rings is 4. The fraction of sp³-hybridized carbons (Fsp3) is 0.416. The van der Waals surface area contributed by atoms with Crippen molar-refractivity contribution in [2.75, 3.05) is 26.8 Å². The number of carbonyl (C=O) groups is 13. The lowest BCUT2D eigenvalue weighted by Crippen LogP contribution is -2.67. The number of ether oxygens (including phenoxy) is 1. The van der Waals surface area contributed by atoms with Crippen molar-refractivity contribution in [2.45, 2.75) is 177 Å². The van der Waals surface area contributed by atoms with Crippen LogP contribution < -0.4 is 53.6 Å². The zero-order chi connectivity index (χ0) is 82.3. The molecular weight excluding hydrogens is 1460 g/mol. The van der Waals surface area contributed by atoms with Crippen LogP contribution in [-0.2, 0) is 99.2 Å². The molecule has 0 aliphatic carbocycles. The van der Waals surface area contributed by atoms with E-state index >= 15 is 4.39 Å². The van der Waals surface area contributed by atoms with Crippen LogP contribution in [0.15, 0.2) is 122 Å². The summed E-state index contributed by atoms with van der Waals surface area (Å²) in [6.45, 7) is 6.17. The number of aromatic nitrogens is 3. The van der Waals surface area contributed by atoms with Crippen molar-refractivity contribution in [1.29, 1.82) is 0 Å². The number of nitrogens with two attached hydrogens (primary N) is 1. The van der Waals surface area contributed by atoms with Crippen molar-refractivity contribution in [1.82, 2.24) is 67.7 Å². The quantitative estimate of drug-likeness (QED) is 0.0230. The smallest absolute Gasteiger partial charge is 0.305 e. The molecule has 18 N–H and O–H groups in total. The monoisotopic (exact) mass is 1550 g/mol. The number of imidazole rings is 1. The molecule has 0 spiro atoms. The Labute approximate surface area is 643 Å². The summed E-state index contributed by atoms with van der Waals surface area (Å²) in [7, 11) is 1.31. The Balaban J connectivity index is 1.06. The molecule has 11 amide bonds. The number of phenols is 1. The first-order valence-corrected chi connectivity index (χ1v) is 36.0. The Bertz CT molecular complexity index is 4390. The van der Waals surface area contributed by atoms with Gasteiger partial charge in [0.15, 0.2) is 0 Å². The summed E-state index contributed by atoms with van der Waals surface area (Å²) in [4.78, 5) is 192. The van der Waals surface area contributed by atoms with Gasteiger partial charge in [-0.05, 0) is 135 Å². The van der Waals surface area contributed by atoms with Crippen molar-refractivity contribution >= 4 is 76.9 Å². The highest BCUT2D eigenvalue weighted by atomic mass is 19.1. The number of aromatic amines is 1. The Morgan fingerprint density at radius 3 is 1.95 bits per heavy atom. The zero-order valence-corrected chi connectivity index (χ0v) is 62.7. The average Bonchev–Trinajstić information content (AvgIpc) is 1.63. The van der Waals surface area contributed by atoms with Crippen LogP contribution in [0.25, 0.3) is 22.3 Å². The first kappa shape index (κ1) is 87.1. The van der Waals surface area contributed by atoms with E-state index in [0.29, 0.717) is 40.8 Å². The number of rotatable bonds is 40. The maximum atomic E-state index is 15.5. The van der Waals surface area contributed by atoms with Crippen LogP contribution in [0.2, 0.25) is 0 Å². The number of H-pyrrole nitrogens is 1. The number of carbonyl (C=O) groups excluding carboxylic acids is 11. The van der Waals surface area contributed by atoms with Gasteiger partial charge in [0.25, 0.3) is 5.91 Å². The number of halogens is 1. The second-order valence-electron chi connectivity index (χ2n) is 27.7. The van der Waals surface area contributed by atoms with E-state index in [1.54, 1.807) is 48.7 Å². The number of likely N-dealkylation sites (tertiary alicyclic amines) is 1. The normalized spacial score (nSPS) is 16.4. The van der Waals surface area contributed by atoms with Gasteiger partial charge in [-0.15, -0.1) is 0 Å². The van der Waals surface area contributed by atoms with Gasteiger partial charge < -0.3 is 98.8 Å². The lowest BCUT2D eigenvalue weighted by atomic mass is 9.90. The van der Waals surface area contributed by atoms with Crippen molar-refractivity contribution in [3.8, 4) is 28.0 Å². The van der Waals surface area contributed by atoms with Gasteiger partial charge in [-0.3, -0.25) is 67.3 Å². The first-order chi connectivity index (χ1) is 53.1. The van der Waals surface area contributed by atoms with Gasteiger partial charge in [-0.25, -0.2) is 9.37 Å². The van der Waals surface area contributed by atoms with Crippen LogP contribution in [0, 0.1) is 12.7 Å². The lowest BCUT2D eigenvalue weighted by Gasteiger charge is -2.36. The number of carboxylic acids is 2. The molecule has 2 aromatic heterocycles. The third-order valence-corrected chi connectivity index (χ3v) is 19.2. The number of aromatic hydroxyl groups is 1. The van der Waals surface area contributed by atoms with Crippen molar-refractivity contribution in [3.63, 3.8) is 0 Å². The number of aliphatic hydroxyl groups excluding tert-OH is 3. The summed E-state index contributed by atoms with van der Waals surface area (Å²) in [5, 5.41) is 83.5. The van der Waals surface area contributed by atoms with Crippen molar-refractivity contribution < 1.29 is 102 Å². The topological polar surface area (TPSA) is 532 Å². The third kappa shape index (κ3) is 23.5. The fourth-order valence-corrected chi connectivity index (χ4v) is 12.9. The minimum absolute atomic E-state index is 0.0538. The molecule has 1 aliphatic heterocycles. The Morgan fingerprint density at radius 2 is 1.32 bits per heavy atom. The third-order valence-electron chi connectivity index (χ3n) is 19.2. The van der Waals surface area contributed by atoms with Gasteiger partial charge in [-0.2, -0.15) is 0 Å². The Hall–Kier alpha value is -12.1. The molecule has 4 aromatic carbocycles. The number of hydrogen-bond acceptors (Lipinski definition) is 20. The van der Waals surface area contributed by atoms with E-state index in [9.17, 15) is 93.0 Å². The average molecular weight is 1560 g/mol. The highest BCUT2D eigenvalue weighted by Crippen LogP contribution is 2.33. The lowest BCUT2D eigenvalue weighted by molar-refractivity contribution is -0.152. The molecule has 0 unspecified atom stereocenters. The van der Waals surface area contributed by atoms with E-state index in [1.165, 1.54) is 61.9 Å². The van der Waals surface area contributed by atoms with Gasteiger partial charge in [0.1, 0.15) is 71.0 Å². The van der Waals surface area contributed by atoms with Crippen molar-refractivity contribution in [2.24, 2.45) is 5.73 Å². The summed E-state index contributed by atoms with van der Waals surface area (Å²) in [6, 6.07) is 12.5. The second-order valence-corrected chi connectivity index (χ2v) is 27.7. The molecule has 0 bridgehead atoms. The predicted molar refractivity (Wildman–Crippen MR) is 399 cm³/mol. The molecule has 112 heavy (non-hydrogen) atoms. The van der Waals surface area contributed by atoms with E-state index in [1.807, 2.05) is 38.1 Å².